The molecule has 0 heterocycles. The van der Waals surface area contributed by atoms with Crippen LogP contribution in [-0.2, 0) is 14.8 Å². The lowest BCUT2D eigenvalue weighted by Gasteiger charge is -2.16. The van der Waals surface area contributed by atoms with Crippen molar-refractivity contribution in [2.24, 2.45) is 5.73 Å². The Hall–Kier alpha value is -0.950. The Labute approximate surface area is 115 Å². The van der Waals surface area contributed by atoms with Crippen molar-refractivity contribution >= 4 is 10.0 Å². The fourth-order valence-corrected chi connectivity index (χ4v) is 3.05. The van der Waals surface area contributed by atoms with Crippen molar-refractivity contribution in [3.63, 3.8) is 0 Å². The van der Waals surface area contributed by atoms with Crippen molar-refractivity contribution in [3.8, 4) is 0 Å². The van der Waals surface area contributed by atoms with E-state index in [2.05, 4.69) is 4.72 Å². The van der Waals surface area contributed by atoms with Gasteiger partial charge in [0.25, 0.3) is 0 Å². The van der Waals surface area contributed by atoms with Crippen molar-refractivity contribution < 1.29 is 13.2 Å². The Kier molecular flexibility index (Phi) is 5.93. The summed E-state index contributed by atoms with van der Waals surface area (Å²) < 4.78 is 32.1. The lowest BCUT2D eigenvalue weighted by atomic mass is 10.1. The molecule has 0 aliphatic rings. The van der Waals surface area contributed by atoms with Crippen LogP contribution < -0.4 is 10.5 Å². The molecular formula is C13H22N2O3S. The van der Waals surface area contributed by atoms with Crippen LogP contribution in [0.4, 0.5) is 0 Å². The molecule has 1 aromatic rings. The Balaban J connectivity index is 2.96. The van der Waals surface area contributed by atoms with Gasteiger partial charge >= 0.3 is 0 Å². The molecule has 0 aliphatic carbocycles. The summed E-state index contributed by atoms with van der Waals surface area (Å²) >= 11 is 0. The summed E-state index contributed by atoms with van der Waals surface area (Å²) in [6, 6.07) is 6.26. The first-order chi connectivity index (χ1) is 8.90. The molecule has 0 fully saturated rings. The summed E-state index contributed by atoms with van der Waals surface area (Å²) in [5.41, 5.74) is 6.56. The fourth-order valence-electron chi connectivity index (χ4n) is 1.69. The third-order valence-electron chi connectivity index (χ3n) is 2.88. The summed E-state index contributed by atoms with van der Waals surface area (Å²) in [7, 11) is -1.99. The minimum atomic E-state index is -3.54. The second-order valence-corrected chi connectivity index (χ2v) is 6.26. The molecular weight excluding hydrogens is 264 g/mol. The minimum absolute atomic E-state index is 0.198. The average Bonchev–Trinajstić information content (AvgIpc) is 2.38. The molecule has 0 radical (unpaired) electrons. The number of benzene rings is 1. The van der Waals surface area contributed by atoms with Crippen molar-refractivity contribution in [1.29, 1.82) is 0 Å². The fraction of sp³-hybridized carbons (Fsp3) is 0.538. The molecule has 0 amide bonds. The molecule has 0 aliphatic heterocycles. The average molecular weight is 286 g/mol. The number of methoxy groups -OCH3 is 1. The van der Waals surface area contributed by atoms with E-state index in [1.165, 1.54) is 0 Å². The van der Waals surface area contributed by atoms with Crippen molar-refractivity contribution in [1.82, 2.24) is 4.72 Å². The van der Waals surface area contributed by atoms with Crippen LogP contribution in [0.15, 0.2) is 29.2 Å². The highest BCUT2D eigenvalue weighted by molar-refractivity contribution is 7.89. The standard InChI is InChI=1S/C13H22N2O3S/c1-4-12(9-18-3)15-19(16,17)13-7-5-6-11(8-13)10(2)14/h5-8,10,12,15H,4,9,14H2,1-3H3. The first kappa shape index (κ1) is 16.1. The molecule has 3 N–H and O–H groups in total. The van der Waals surface area contributed by atoms with E-state index in [9.17, 15) is 8.42 Å². The number of nitrogens with two attached hydrogens (primary N) is 1. The van der Waals surface area contributed by atoms with Crippen LogP contribution in [0.25, 0.3) is 0 Å². The van der Waals surface area contributed by atoms with Crippen LogP contribution in [-0.4, -0.2) is 28.2 Å². The van der Waals surface area contributed by atoms with Gasteiger partial charge < -0.3 is 10.5 Å². The third-order valence-corrected chi connectivity index (χ3v) is 4.39. The zero-order valence-electron chi connectivity index (χ0n) is 11.6. The van der Waals surface area contributed by atoms with Crippen LogP contribution in [0.3, 0.4) is 0 Å². The lowest BCUT2D eigenvalue weighted by Crippen LogP contribution is -2.37. The second-order valence-electron chi connectivity index (χ2n) is 4.54. The summed E-state index contributed by atoms with van der Waals surface area (Å²) in [6.45, 7) is 4.08. The van der Waals surface area contributed by atoms with Crippen LogP contribution in [0.2, 0.25) is 0 Å². The van der Waals surface area contributed by atoms with Crippen molar-refractivity contribution in [2.75, 3.05) is 13.7 Å². The number of hydrogen-bond donors (Lipinski definition) is 2. The first-order valence-corrected chi connectivity index (χ1v) is 7.75. The molecule has 19 heavy (non-hydrogen) atoms. The Bertz CT molecular complexity index is 500. The zero-order valence-corrected chi connectivity index (χ0v) is 12.4. The maximum absolute atomic E-state index is 12.2. The van der Waals surface area contributed by atoms with Gasteiger partial charge in [0, 0.05) is 19.2 Å². The van der Waals surface area contributed by atoms with E-state index in [1.54, 1.807) is 25.3 Å². The minimum Gasteiger partial charge on any atom is -0.383 e. The van der Waals surface area contributed by atoms with Gasteiger partial charge in [0.1, 0.15) is 0 Å². The molecule has 0 aromatic heterocycles. The third kappa shape index (κ3) is 4.58. The number of rotatable bonds is 7. The smallest absolute Gasteiger partial charge is 0.240 e. The Morgan fingerprint density at radius 3 is 2.63 bits per heavy atom. The SMILES string of the molecule is CCC(COC)NS(=O)(=O)c1cccc(C(C)N)c1. The monoisotopic (exact) mass is 286 g/mol. The van der Waals surface area contributed by atoms with Crippen LogP contribution in [0, 0.1) is 0 Å². The van der Waals surface area contributed by atoms with Gasteiger partial charge in [0.05, 0.1) is 11.5 Å². The molecule has 1 rings (SSSR count). The van der Waals surface area contributed by atoms with E-state index in [-0.39, 0.29) is 17.0 Å². The first-order valence-electron chi connectivity index (χ1n) is 6.27. The van der Waals surface area contributed by atoms with Gasteiger partial charge in [-0.15, -0.1) is 0 Å². The molecule has 2 unspecified atom stereocenters. The molecule has 0 saturated heterocycles. The highest BCUT2D eigenvalue weighted by Crippen LogP contribution is 2.16. The van der Waals surface area contributed by atoms with E-state index in [0.29, 0.717) is 13.0 Å². The van der Waals surface area contributed by atoms with E-state index < -0.39 is 10.0 Å². The van der Waals surface area contributed by atoms with Crippen LogP contribution in [0.5, 0.6) is 0 Å². The molecule has 1 aromatic carbocycles. The molecule has 0 saturated carbocycles. The number of ether oxygens (including phenoxy) is 1. The molecule has 5 nitrogen and oxygen atoms in total. The van der Waals surface area contributed by atoms with Crippen LogP contribution in [0.1, 0.15) is 31.9 Å². The lowest BCUT2D eigenvalue weighted by molar-refractivity contribution is 0.173. The Morgan fingerprint density at radius 1 is 1.42 bits per heavy atom. The molecule has 0 bridgehead atoms. The summed E-state index contributed by atoms with van der Waals surface area (Å²) in [4.78, 5) is 0.233. The molecule has 6 heteroatoms. The van der Waals surface area contributed by atoms with Crippen molar-refractivity contribution in [2.45, 2.75) is 37.2 Å². The molecule has 0 spiro atoms. The van der Waals surface area contributed by atoms with E-state index in [1.807, 2.05) is 19.9 Å². The summed E-state index contributed by atoms with van der Waals surface area (Å²) in [6.07, 6.45) is 0.667. The van der Waals surface area contributed by atoms with Gasteiger partial charge in [-0.1, -0.05) is 19.1 Å². The normalized spacial score (nSPS) is 15.2. The quantitative estimate of drug-likeness (QED) is 0.794. The maximum Gasteiger partial charge on any atom is 0.240 e. The van der Waals surface area contributed by atoms with Gasteiger partial charge in [0.2, 0.25) is 10.0 Å². The van der Waals surface area contributed by atoms with Gasteiger partial charge in [-0.25, -0.2) is 13.1 Å². The maximum atomic E-state index is 12.2. The predicted octanol–water partition coefficient (Wildman–Crippen LogP) is 1.41. The van der Waals surface area contributed by atoms with Gasteiger partial charge in [-0.3, -0.25) is 0 Å². The second kappa shape index (κ2) is 7.00. The predicted molar refractivity (Wildman–Crippen MR) is 75.3 cm³/mol. The van der Waals surface area contributed by atoms with E-state index >= 15 is 0 Å². The van der Waals surface area contributed by atoms with E-state index in [0.717, 1.165) is 5.56 Å². The number of nitrogens with one attached hydrogen (secondary N) is 1. The Morgan fingerprint density at radius 2 is 2.11 bits per heavy atom. The zero-order chi connectivity index (χ0) is 14.5. The molecule has 108 valence electrons. The highest BCUT2D eigenvalue weighted by atomic mass is 32.2. The van der Waals surface area contributed by atoms with Gasteiger partial charge in [-0.05, 0) is 31.0 Å². The van der Waals surface area contributed by atoms with Crippen molar-refractivity contribution in [3.05, 3.63) is 29.8 Å². The summed E-state index contributed by atoms with van der Waals surface area (Å²) in [5, 5.41) is 0. The van der Waals surface area contributed by atoms with E-state index in [4.69, 9.17) is 10.5 Å². The van der Waals surface area contributed by atoms with Gasteiger partial charge in [-0.2, -0.15) is 0 Å². The highest BCUT2D eigenvalue weighted by Gasteiger charge is 2.19. The largest absolute Gasteiger partial charge is 0.383 e. The van der Waals surface area contributed by atoms with Crippen LogP contribution >= 0.6 is 0 Å². The number of sulfonamides is 1. The van der Waals surface area contributed by atoms with Gasteiger partial charge in [0.15, 0.2) is 0 Å². The molecule has 2 atom stereocenters. The summed E-state index contributed by atoms with van der Waals surface area (Å²) in [5.74, 6) is 0. The number of hydrogen-bond acceptors (Lipinski definition) is 4. The topological polar surface area (TPSA) is 81.4 Å².